The van der Waals surface area contributed by atoms with Crippen molar-refractivity contribution in [2.75, 3.05) is 0 Å². The number of aliphatic imine (C=N–C) groups is 1. The van der Waals surface area contributed by atoms with Gasteiger partial charge in [-0.05, 0) is 55.0 Å². The number of aryl methyl sites for hydroxylation is 1. The van der Waals surface area contributed by atoms with Crippen LogP contribution in [-0.4, -0.2) is 12.4 Å². The Bertz CT molecular complexity index is 740. The lowest BCUT2D eigenvalue weighted by molar-refractivity contribution is -0.198. The van der Waals surface area contributed by atoms with E-state index in [-0.39, 0.29) is 12.8 Å². The van der Waals surface area contributed by atoms with Crippen LogP contribution in [-0.2, 0) is 12.8 Å². The SMILES string of the molecule is FC(F)(F)[C@]1(CCCc2ccccc2)C=Nc2ccc(Br)cc2C1. The van der Waals surface area contributed by atoms with Crippen molar-refractivity contribution in [1.82, 2.24) is 0 Å². The molecular weight excluding hydrogens is 379 g/mol. The van der Waals surface area contributed by atoms with Crippen molar-refractivity contribution in [2.24, 2.45) is 10.4 Å². The van der Waals surface area contributed by atoms with Crippen molar-refractivity contribution in [2.45, 2.75) is 31.9 Å². The highest BCUT2D eigenvalue weighted by Crippen LogP contribution is 2.47. The van der Waals surface area contributed by atoms with Crippen LogP contribution in [0.4, 0.5) is 18.9 Å². The van der Waals surface area contributed by atoms with Gasteiger partial charge in [0.1, 0.15) is 5.41 Å². The van der Waals surface area contributed by atoms with Gasteiger partial charge in [0.15, 0.2) is 0 Å². The molecule has 1 atom stereocenters. The van der Waals surface area contributed by atoms with E-state index in [1.807, 2.05) is 30.3 Å². The van der Waals surface area contributed by atoms with E-state index in [4.69, 9.17) is 0 Å². The normalized spacial score (nSPS) is 20.0. The van der Waals surface area contributed by atoms with E-state index >= 15 is 0 Å². The molecule has 1 aliphatic rings. The van der Waals surface area contributed by atoms with Crippen molar-refractivity contribution < 1.29 is 13.2 Å². The van der Waals surface area contributed by atoms with Gasteiger partial charge in [-0.3, -0.25) is 4.99 Å². The molecule has 0 aliphatic carbocycles. The van der Waals surface area contributed by atoms with Gasteiger partial charge in [0, 0.05) is 10.7 Å². The molecule has 24 heavy (non-hydrogen) atoms. The highest BCUT2D eigenvalue weighted by Gasteiger charge is 2.54. The van der Waals surface area contributed by atoms with Gasteiger partial charge < -0.3 is 0 Å². The fraction of sp³-hybridized carbons (Fsp3) is 0.316. The average Bonchev–Trinajstić information content (AvgIpc) is 2.54. The van der Waals surface area contributed by atoms with E-state index in [0.717, 1.165) is 16.3 Å². The fourth-order valence-electron chi connectivity index (χ4n) is 3.12. The monoisotopic (exact) mass is 395 g/mol. The van der Waals surface area contributed by atoms with Crippen LogP contribution in [0.1, 0.15) is 24.0 Å². The molecule has 2 aromatic rings. The van der Waals surface area contributed by atoms with E-state index in [1.54, 1.807) is 18.2 Å². The van der Waals surface area contributed by atoms with Crippen LogP contribution >= 0.6 is 15.9 Å². The Labute approximate surface area is 147 Å². The third kappa shape index (κ3) is 3.56. The Hall–Kier alpha value is -1.62. The Balaban J connectivity index is 1.80. The van der Waals surface area contributed by atoms with Crippen LogP contribution in [0.5, 0.6) is 0 Å². The van der Waals surface area contributed by atoms with Gasteiger partial charge in [-0.1, -0.05) is 46.3 Å². The molecule has 0 bridgehead atoms. The summed E-state index contributed by atoms with van der Waals surface area (Å²) in [5, 5.41) is 0. The van der Waals surface area contributed by atoms with Crippen molar-refractivity contribution in [1.29, 1.82) is 0 Å². The summed E-state index contributed by atoms with van der Waals surface area (Å²) >= 11 is 3.33. The largest absolute Gasteiger partial charge is 0.399 e. The first-order valence-corrected chi connectivity index (χ1v) is 8.63. The van der Waals surface area contributed by atoms with Gasteiger partial charge in [-0.2, -0.15) is 13.2 Å². The zero-order chi connectivity index (χ0) is 17.2. The van der Waals surface area contributed by atoms with E-state index in [2.05, 4.69) is 20.9 Å². The average molecular weight is 396 g/mol. The van der Waals surface area contributed by atoms with Crippen molar-refractivity contribution >= 4 is 27.8 Å². The summed E-state index contributed by atoms with van der Waals surface area (Å²) < 4.78 is 42.2. The minimum absolute atomic E-state index is 0.0425. The van der Waals surface area contributed by atoms with Crippen LogP contribution in [0.3, 0.4) is 0 Å². The van der Waals surface area contributed by atoms with Crippen molar-refractivity contribution in [3.05, 3.63) is 64.1 Å². The summed E-state index contributed by atoms with van der Waals surface area (Å²) in [5.41, 5.74) is 0.450. The van der Waals surface area contributed by atoms with Crippen LogP contribution in [0.2, 0.25) is 0 Å². The summed E-state index contributed by atoms with van der Waals surface area (Å²) in [6.07, 6.45) is -2.09. The third-order valence-corrected chi connectivity index (χ3v) is 4.99. The zero-order valence-electron chi connectivity index (χ0n) is 13.0. The van der Waals surface area contributed by atoms with Crippen molar-refractivity contribution in [3.8, 4) is 0 Å². The maximum atomic E-state index is 13.8. The molecule has 3 rings (SSSR count). The van der Waals surface area contributed by atoms with Crippen LogP contribution < -0.4 is 0 Å². The van der Waals surface area contributed by atoms with E-state index in [0.29, 0.717) is 24.1 Å². The summed E-state index contributed by atoms with van der Waals surface area (Å²) in [4.78, 5) is 4.11. The molecule has 1 nitrogen and oxygen atoms in total. The van der Waals surface area contributed by atoms with Gasteiger partial charge in [0.2, 0.25) is 0 Å². The van der Waals surface area contributed by atoms with Gasteiger partial charge in [-0.15, -0.1) is 0 Å². The molecule has 126 valence electrons. The maximum absolute atomic E-state index is 13.8. The van der Waals surface area contributed by atoms with Gasteiger partial charge in [0.05, 0.1) is 5.69 Å². The van der Waals surface area contributed by atoms with Gasteiger partial charge in [0.25, 0.3) is 0 Å². The lowest BCUT2D eigenvalue weighted by atomic mass is 9.75. The first-order chi connectivity index (χ1) is 11.4. The van der Waals surface area contributed by atoms with E-state index < -0.39 is 11.6 Å². The molecule has 0 N–H and O–H groups in total. The first-order valence-electron chi connectivity index (χ1n) is 7.84. The number of nitrogens with zero attached hydrogens (tertiary/aromatic N) is 1. The highest BCUT2D eigenvalue weighted by atomic mass is 79.9. The van der Waals surface area contributed by atoms with E-state index in [9.17, 15) is 13.2 Å². The Morgan fingerprint density at radius 1 is 1.08 bits per heavy atom. The number of hydrogen-bond acceptors (Lipinski definition) is 1. The van der Waals surface area contributed by atoms with Gasteiger partial charge >= 0.3 is 6.18 Å². The smallest absolute Gasteiger partial charge is 0.260 e. The molecule has 0 fully saturated rings. The highest BCUT2D eigenvalue weighted by molar-refractivity contribution is 9.10. The predicted octanol–water partition coefficient (Wildman–Crippen LogP) is 6.28. The molecule has 0 spiro atoms. The second-order valence-electron chi connectivity index (χ2n) is 6.20. The topological polar surface area (TPSA) is 12.4 Å². The number of benzene rings is 2. The maximum Gasteiger partial charge on any atom is 0.399 e. The molecule has 0 saturated carbocycles. The molecule has 0 amide bonds. The number of hydrogen-bond donors (Lipinski definition) is 0. The minimum atomic E-state index is -4.31. The molecule has 0 saturated heterocycles. The molecule has 0 unspecified atom stereocenters. The minimum Gasteiger partial charge on any atom is -0.260 e. The number of alkyl halides is 3. The Morgan fingerprint density at radius 3 is 2.54 bits per heavy atom. The number of rotatable bonds is 4. The molecule has 1 heterocycles. The molecule has 5 heteroatoms. The summed E-state index contributed by atoms with van der Waals surface area (Å²) in [6.45, 7) is 0. The van der Waals surface area contributed by atoms with Gasteiger partial charge in [-0.25, -0.2) is 0 Å². The van der Waals surface area contributed by atoms with Crippen LogP contribution in [0, 0.1) is 5.41 Å². The Kier molecular flexibility index (Phi) is 4.81. The lowest BCUT2D eigenvalue weighted by Gasteiger charge is -2.35. The predicted molar refractivity (Wildman–Crippen MR) is 93.9 cm³/mol. The fourth-order valence-corrected chi connectivity index (χ4v) is 3.53. The molecular formula is C19H17BrF3N. The second kappa shape index (κ2) is 6.71. The van der Waals surface area contributed by atoms with Crippen molar-refractivity contribution in [3.63, 3.8) is 0 Å². The zero-order valence-corrected chi connectivity index (χ0v) is 14.6. The summed E-state index contributed by atoms with van der Waals surface area (Å²) in [6, 6.07) is 14.9. The summed E-state index contributed by atoms with van der Waals surface area (Å²) in [7, 11) is 0. The van der Waals surface area contributed by atoms with Crippen LogP contribution in [0.25, 0.3) is 0 Å². The number of halogens is 4. The first kappa shape index (κ1) is 17.2. The molecule has 1 aliphatic heterocycles. The lowest BCUT2D eigenvalue weighted by Crippen LogP contribution is -2.42. The number of fused-ring (bicyclic) bond motifs is 1. The standard InChI is InChI=1S/C19H17BrF3N/c20-16-8-9-17-15(11-16)12-18(13-24-17,19(21,22)23)10-4-7-14-5-2-1-3-6-14/h1-3,5-6,8-9,11,13H,4,7,10,12H2/t18-/m0/s1. The third-order valence-electron chi connectivity index (χ3n) is 4.49. The molecule has 2 aromatic carbocycles. The summed E-state index contributed by atoms with van der Waals surface area (Å²) in [5.74, 6) is 0. The second-order valence-corrected chi connectivity index (χ2v) is 7.12. The van der Waals surface area contributed by atoms with E-state index in [1.165, 1.54) is 0 Å². The molecule has 0 aromatic heterocycles. The quantitative estimate of drug-likeness (QED) is 0.577. The molecule has 0 radical (unpaired) electrons. The van der Waals surface area contributed by atoms with Crippen LogP contribution in [0.15, 0.2) is 58.0 Å². The Morgan fingerprint density at radius 2 is 1.83 bits per heavy atom.